The number of primary amides is 1. The molecular formula is C18H17ClN8O2. The molecule has 3 rings (SSSR count). The number of hydrogen-bond donors (Lipinski definition) is 3. The fraction of sp³-hybridized carbons (Fsp3) is 0.167. The third-order valence-electron chi connectivity index (χ3n) is 3.61. The summed E-state index contributed by atoms with van der Waals surface area (Å²) < 4.78 is 6.70. The molecule has 0 radical (unpaired) electrons. The second-order valence-corrected chi connectivity index (χ2v) is 6.26. The number of benzene rings is 1. The van der Waals surface area contributed by atoms with E-state index in [1.54, 1.807) is 12.3 Å². The molecule has 0 unspecified atom stereocenters. The van der Waals surface area contributed by atoms with E-state index in [4.69, 9.17) is 27.3 Å². The lowest BCUT2D eigenvalue weighted by Gasteiger charge is -2.10. The zero-order valence-corrected chi connectivity index (χ0v) is 15.9. The van der Waals surface area contributed by atoms with Gasteiger partial charge in [-0.1, -0.05) is 23.7 Å². The molecule has 3 aromatic rings. The first kappa shape index (κ1) is 19.9. The number of aromatic nitrogens is 4. The largest absolute Gasteiger partial charge is 0.479 e. The second kappa shape index (κ2) is 9.38. The molecule has 0 aliphatic heterocycles. The zero-order chi connectivity index (χ0) is 20.6. The van der Waals surface area contributed by atoms with Gasteiger partial charge in [-0.3, -0.25) is 9.48 Å². The zero-order valence-electron chi connectivity index (χ0n) is 15.2. The highest BCUT2D eigenvalue weighted by molar-refractivity contribution is 6.32. The molecule has 148 valence electrons. The molecule has 0 spiro atoms. The first-order chi connectivity index (χ1) is 14.0. The number of nitrogens with one attached hydrogen (secondary N) is 2. The van der Waals surface area contributed by atoms with Gasteiger partial charge in [0, 0.05) is 12.7 Å². The molecule has 0 aliphatic carbocycles. The van der Waals surface area contributed by atoms with Crippen LogP contribution in [0.15, 0.2) is 42.9 Å². The van der Waals surface area contributed by atoms with Crippen molar-refractivity contribution >= 4 is 35.0 Å². The van der Waals surface area contributed by atoms with Crippen molar-refractivity contribution in [2.24, 2.45) is 5.73 Å². The Balaban J connectivity index is 1.65. The Morgan fingerprint density at radius 1 is 1.38 bits per heavy atom. The SMILES string of the molecule is N#CCOc1cccc(CNc2nc(Nc3cnn(CC(N)=O)c3)ncc2Cl)c1. The molecule has 0 atom stereocenters. The average Bonchev–Trinajstić information content (AvgIpc) is 3.13. The summed E-state index contributed by atoms with van der Waals surface area (Å²) in [6.07, 6.45) is 4.61. The first-order valence-corrected chi connectivity index (χ1v) is 8.84. The van der Waals surface area contributed by atoms with E-state index < -0.39 is 5.91 Å². The van der Waals surface area contributed by atoms with Crippen molar-refractivity contribution < 1.29 is 9.53 Å². The number of nitrogens with two attached hydrogens (primary N) is 1. The van der Waals surface area contributed by atoms with E-state index in [1.165, 1.54) is 17.1 Å². The van der Waals surface area contributed by atoms with Gasteiger partial charge >= 0.3 is 0 Å². The molecule has 1 amide bonds. The van der Waals surface area contributed by atoms with E-state index in [2.05, 4.69) is 25.7 Å². The molecule has 11 heteroatoms. The highest BCUT2D eigenvalue weighted by atomic mass is 35.5. The Kier molecular flexibility index (Phi) is 6.44. The Morgan fingerprint density at radius 3 is 3.03 bits per heavy atom. The smallest absolute Gasteiger partial charge is 0.239 e. The summed E-state index contributed by atoms with van der Waals surface area (Å²) in [6, 6.07) is 9.28. The minimum atomic E-state index is -0.490. The number of nitrogens with zero attached hydrogens (tertiary/aromatic N) is 5. The summed E-state index contributed by atoms with van der Waals surface area (Å²) in [4.78, 5) is 19.4. The van der Waals surface area contributed by atoms with Gasteiger partial charge in [-0.15, -0.1) is 0 Å². The van der Waals surface area contributed by atoms with Crippen molar-refractivity contribution in [1.82, 2.24) is 19.7 Å². The van der Waals surface area contributed by atoms with Crippen molar-refractivity contribution in [2.45, 2.75) is 13.1 Å². The van der Waals surface area contributed by atoms with Gasteiger partial charge in [0.15, 0.2) is 12.4 Å². The molecule has 29 heavy (non-hydrogen) atoms. The number of anilines is 3. The number of halogens is 1. The quantitative estimate of drug-likeness (QED) is 0.484. The summed E-state index contributed by atoms with van der Waals surface area (Å²) in [7, 11) is 0. The van der Waals surface area contributed by atoms with Crippen LogP contribution in [-0.4, -0.2) is 32.3 Å². The molecule has 2 aromatic heterocycles. The highest BCUT2D eigenvalue weighted by Crippen LogP contribution is 2.22. The molecule has 0 bridgehead atoms. The number of rotatable bonds is 9. The number of carbonyl (C=O) groups excluding carboxylic acids is 1. The topological polar surface area (TPSA) is 144 Å². The van der Waals surface area contributed by atoms with Gasteiger partial charge in [0.1, 0.15) is 23.4 Å². The van der Waals surface area contributed by atoms with E-state index in [0.717, 1.165) is 5.56 Å². The molecule has 1 aromatic carbocycles. The average molecular weight is 413 g/mol. The van der Waals surface area contributed by atoms with Crippen LogP contribution in [-0.2, 0) is 17.9 Å². The summed E-state index contributed by atoms with van der Waals surface area (Å²) >= 11 is 6.18. The number of carbonyl (C=O) groups is 1. The van der Waals surface area contributed by atoms with Gasteiger partial charge < -0.3 is 21.1 Å². The van der Waals surface area contributed by atoms with Gasteiger partial charge in [-0.05, 0) is 17.7 Å². The second-order valence-electron chi connectivity index (χ2n) is 5.86. The van der Waals surface area contributed by atoms with Crippen LogP contribution >= 0.6 is 11.6 Å². The molecule has 10 nitrogen and oxygen atoms in total. The van der Waals surface area contributed by atoms with Crippen LogP contribution in [0.4, 0.5) is 17.5 Å². The molecule has 0 saturated carbocycles. The molecule has 0 aliphatic rings. The third kappa shape index (κ3) is 5.82. The van der Waals surface area contributed by atoms with Gasteiger partial charge in [0.05, 0.1) is 18.1 Å². The lowest BCUT2D eigenvalue weighted by Crippen LogP contribution is -2.18. The molecule has 2 heterocycles. The lowest BCUT2D eigenvalue weighted by molar-refractivity contribution is -0.118. The maximum atomic E-state index is 11.0. The Hall–Kier alpha value is -3.84. The van der Waals surface area contributed by atoms with Crippen LogP contribution < -0.4 is 21.1 Å². The monoisotopic (exact) mass is 412 g/mol. The third-order valence-corrected chi connectivity index (χ3v) is 3.89. The highest BCUT2D eigenvalue weighted by Gasteiger charge is 2.08. The van der Waals surface area contributed by atoms with E-state index in [0.29, 0.717) is 34.8 Å². The van der Waals surface area contributed by atoms with Crippen LogP contribution in [0.25, 0.3) is 0 Å². The molecule has 4 N–H and O–H groups in total. The van der Waals surface area contributed by atoms with Crippen LogP contribution in [0.2, 0.25) is 5.02 Å². The fourth-order valence-corrected chi connectivity index (χ4v) is 2.56. The van der Waals surface area contributed by atoms with Crippen LogP contribution in [0.5, 0.6) is 5.75 Å². The molecule has 0 saturated heterocycles. The van der Waals surface area contributed by atoms with Crippen molar-refractivity contribution in [1.29, 1.82) is 5.26 Å². The van der Waals surface area contributed by atoms with Crippen LogP contribution in [0, 0.1) is 11.3 Å². The maximum Gasteiger partial charge on any atom is 0.239 e. The van der Waals surface area contributed by atoms with Crippen LogP contribution in [0.1, 0.15) is 5.56 Å². The van der Waals surface area contributed by atoms with E-state index in [9.17, 15) is 4.79 Å². The van der Waals surface area contributed by atoms with E-state index in [-0.39, 0.29) is 13.2 Å². The van der Waals surface area contributed by atoms with Crippen molar-refractivity contribution in [3.8, 4) is 11.8 Å². The predicted octanol–water partition coefficient (Wildman–Crippen LogP) is 2.07. The number of ether oxygens (including phenoxy) is 1. The summed E-state index contributed by atoms with van der Waals surface area (Å²) in [5.74, 6) is 0.865. The van der Waals surface area contributed by atoms with E-state index in [1.807, 2.05) is 24.3 Å². The number of hydrogen-bond acceptors (Lipinski definition) is 8. The fourth-order valence-electron chi connectivity index (χ4n) is 2.40. The van der Waals surface area contributed by atoms with Crippen molar-refractivity contribution in [3.05, 3.63) is 53.4 Å². The summed E-state index contributed by atoms with van der Waals surface area (Å²) in [5.41, 5.74) is 6.67. The Labute approximate surface area is 171 Å². The lowest BCUT2D eigenvalue weighted by atomic mass is 10.2. The van der Waals surface area contributed by atoms with Gasteiger partial charge in [0.25, 0.3) is 0 Å². The maximum absolute atomic E-state index is 11.0. The first-order valence-electron chi connectivity index (χ1n) is 8.46. The number of amides is 1. The molecular weight excluding hydrogens is 396 g/mol. The Morgan fingerprint density at radius 2 is 2.24 bits per heavy atom. The van der Waals surface area contributed by atoms with E-state index >= 15 is 0 Å². The Bertz CT molecular complexity index is 1050. The minimum absolute atomic E-state index is 0.0142. The minimum Gasteiger partial charge on any atom is -0.479 e. The predicted molar refractivity (Wildman–Crippen MR) is 107 cm³/mol. The van der Waals surface area contributed by atoms with Gasteiger partial charge in [-0.2, -0.15) is 15.3 Å². The summed E-state index contributed by atoms with van der Waals surface area (Å²) in [5, 5.41) is 19.1. The van der Waals surface area contributed by atoms with Crippen molar-refractivity contribution in [3.63, 3.8) is 0 Å². The van der Waals surface area contributed by atoms with Gasteiger partial charge in [-0.25, -0.2) is 4.98 Å². The number of nitriles is 1. The van der Waals surface area contributed by atoms with Crippen LogP contribution in [0.3, 0.4) is 0 Å². The van der Waals surface area contributed by atoms with Gasteiger partial charge in [0.2, 0.25) is 11.9 Å². The standard InChI is InChI=1S/C18H17ClN8O2/c19-15-9-23-18(25-13-8-24-27(10-13)11-16(21)28)26-17(15)22-7-12-2-1-3-14(6-12)29-5-4-20/h1-3,6,8-10H,5,7,11H2,(H2,21,28)(H2,22,23,25,26). The normalized spacial score (nSPS) is 10.2. The molecule has 0 fully saturated rings. The van der Waals surface area contributed by atoms with Crippen molar-refractivity contribution in [2.75, 3.05) is 17.2 Å². The summed E-state index contributed by atoms with van der Waals surface area (Å²) in [6.45, 7) is 0.406.